The van der Waals surface area contributed by atoms with Gasteiger partial charge in [0.1, 0.15) is 18.7 Å². The number of ether oxygens (including phenoxy) is 1. The second-order valence-corrected chi connectivity index (χ2v) is 9.32. The molecule has 7 nitrogen and oxygen atoms in total. The summed E-state index contributed by atoms with van der Waals surface area (Å²) in [6.45, 7) is 7.36. The van der Waals surface area contributed by atoms with E-state index < -0.39 is 21.8 Å². The Morgan fingerprint density at radius 2 is 1.85 bits per heavy atom. The minimum absolute atomic E-state index is 0.169. The van der Waals surface area contributed by atoms with E-state index in [4.69, 9.17) is 39.5 Å². The molecule has 0 radical (unpaired) electrons. The van der Waals surface area contributed by atoms with Crippen molar-refractivity contribution in [1.82, 2.24) is 15.8 Å². The average Bonchev–Trinajstić information content (AvgIpc) is 2.57. The molecule has 0 aromatic carbocycles. The normalized spacial score (nSPS) is 20.5. The number of nitrogens with one attached hydrogen (secondary N) is 2. The van der Waals surface area contributed by atoms with Crippen LogP contribution in [-0.2, 0) is 19.1 Å². The Hall–Kier alpha value is -0.760. The molecule has 10 heteroatoms. The van der Waals surface area contributed by atoms with Gasteiger partial charge in [0.15, 0.2) is 0 Å². The molecule has 3 atom stereocenters. The molecular weight excluding hydrogens is 405 g/mol. The molecule has 1 rings (SSSR count). The fourth-order valence-electron chi connectivity index (χ4n) is 2.31. The Morgan fingerprint density at radius 3 is 2.38 bits per heavy atom. The van der Waals surface area contributed by atoms with Crippen LogP contribution in [0.4, 0.5) is 0 Å². The smallest absolute Gasteiger partial charge is 0.325 e. The molecule has 150 valence electrons. The van der Waals surface area contributed by atoms with Crippen LogP contribution in [0, 0.1) is 11.8 Å². The minimum Gasteiger partial charge on any atom is -0.460 e. The van der Waals surface area contributed by atoms with Crippen LogP contribution < -0.4 is 10.7 Å². The molecule has 1 aliphatic rings. The molecule has 26 heavy (non-hydrogen) atoms. The third kappa shape index (κ3) is 7.47. The quantitative estimate of drug-likeness (QED) is 0.498. The zero-order valence-corrected chi connectivity index (χ0v) is 17.6. The minimum atomic E-state index is -1.69. The monoisotopic (exact) mass is 429 g/mol. The van der Waals surface area contributed by atoms with Crippen molar-refractivity contribution in [3.05, 3.63) is 0 Å². The van der Waals surface area contributed by atoms with Crippen LogP contribution in [0.15, 0.2) is 0 Å². The molecule has 2 N–H and O–H groups in total. The predicted molar refractivity (Wildman–Crippen MR) is 101 cm³/mol. The fourth-order valence-corrected chi connectivity index (χ4v) is 2.48. The van der Waals surface area contributed by atoms with Crippen LogP contribution in [0.1, 0.15) is 40.5 Å². The van der Waals surface area contributed by atoms with Gasteiger partial charge in [0, 0.05) is 12.5 Å². The number of amides is 2. The van der Waals surface area contributed by atoms with E-state index in [1.807, 2.05) is 20.8 Å². The maximum absolute atomic E-state index is 12.5. The van der Waals surface area contributed by atoms with Crippen molar-refractivity contribution in [3.8, 4) is 0 Å². The van der Waals surface area contributed by atoms with Crippen LogP contribution in [0.25, 0.3) is 0 Å². The number of hydrazine groups is 1. The van der Waals surface area contributed by atoms with Crippen molar-refractivity contribution >= 4 is 52.6 Å². The van der Waals surface area contributed by atoms with E-state index >= 15 is 0 Å². The lowest BCUT2D eigenvalue weighted by Gasteiger charge is -2.34. The third-order valence-electron chi connectivity index (χ3n) is 4.26. The van der Waals surface area contributed by atoms with E-state index in [-0.39, 0.29) is 30.3 Å². The molecule has 1 heterocycles. The SMILES string of the molecule is CC(C)[C@H](C)C(=O)N[C@@H](C)C(=O)N1CCC[C@@H](C(=O)OCC(Cl)(Cl)Cl)N1. The number of hydrogen-bond donors (Lipinski definition) is 2. The summed E-state index contributed by atoms with van der Waals surface area (Å²) < 4.78 is 3.26. The Bertz CT molecular complexity index is 525. The summed E-state index contributed by atoms with van der Waals surface area (Å²) in [6.07, 6.45) is 1.10. The van der Waals surface area contributed by atoms with Gasteiger partial charge in [0.05, 0.1) is 0 Å². The second-order valence-electron chi connectivity index (χ2n) is 6.80. The van der Waals surface area contributed by atoms with E-state index in [0.29, 0.717) is 19.4 Å². The number of nitrogens with zero attached hydrogens (tertiary/aromatic N) is 1. The number of carbonyl (C=O) groups excluding carboxylic acids is 3. The molecule has 0 aliphatic carbocycles. The molecule has 0 unspecified atom stereocenters. The van der Waals surface area contributed by atoms with Crippen molar-refractivity contribution in [2.75, 3.05) is 13.2 Å². The van der Waals surface area contributed by atoms with E-state index in [0.717, 1.165) is 0 Å². The summed E-state index contributed by atoms with van der Waals surface area (Å²) in [5.41, 5.74) is 2.82. The van der Waals surface area contributed by atoms with E-state index in [1.165, 1.54) is 5.01 Å². The topological polar surface area (TPSA) is 87.7 Å². The summed E-state index contributed by atoms with van der Waals surface area (Å²) in [5, 5.41) is 4.04. The molecule has 1 aliphatic heterocycles. The molecule has 0 aromatic heterocycles. The number of alkyl halides is 3. The number of esters is 1. The van der Waals surface area contributed by atoms with E-state index in [2.05, 4.69) is 10.7 Å². The van der Waals surface area contributed by atoms with Crippen molar-refractivity contribution in [2.24, 2.45) is 11.8 Å². The first-order chi connectivity index (χ1) is 11.9. The lowest BCUT2D eigenvalue weighted by molar-refractivity contribution is -0.153. The lowest BCUT2D eigenvalue weighted by atomic mass is 9.97. The van der Waals surface area contributed by atoms with Gasteiger partial charge in [-0.25, -0.2) is 5.43 Å². The highest BCUT2D eigenvalue weighted by atomic mass is 35.6. The molecule has 1 saturated heterocycles. The average molecular weight is 431 g/mol. The van der Waals surface area contributed by atoms with Gasteiger partial charge in [-0.05, 0) is 25.7 Å². The fraction of sp³-hybridized carbons (Fsp3) is 0.812. The molecular formula is C16H26Cl3N3O4. The maximum atomic E-state index is 12.5. The highest BCUT2D eigenvalue weighted by Crippen LogP contribution is 2.26. The van der Waals surface area contributed by atoms with Crippen LogP contribution >= 0.6 is 34.8 Å². The van der Waals surface area contributed by atoms with E-state index in [9.17, 15) is 14.4 Å². The van der Waals surface area contributed by atoms with Gasteiger partial charge < -0.3 is 10.1 Å². The second kappa shape index (κ2) is 9.97. The molecule has 0 bridgehead atoms. The van der Waals surface area contributed by atoms with E-state index in [1.54, 1.807) is 6.92 Å². The Balaban J connectivity index is 2.58. The number of halogens is 3. The highest BCUT2D eigenvalue weighted by Gasteiger charge is 2.33. The van der Waals surface area contributed by atoms with Gasteiger partial charge in [-0.2, -0.15) is 0 Å². The van der Waals surface area contributed by atoms with Crippen molar-refractivity contribution in [3.63, 3.8) is 0 Å². The summed E-state index contributed by atoms with van der Waals surface area (Å²) >= 11 is 16.7. The van der Waals surface area contributed by atoms with Crippen LogP contribution in [-0.4, -0.2) is 51.8 Å². The first-order valence-corrected chi connectivity index (χ1v) is 9.67. The molecule has 2 amide bonds. The van der Waals surface area contributed by atoms with Gasteiger partial charge in [-0.3, -0.25) is 19.4 Å². The number of carbonyl (C=O) groups is 3. The molecule has 1 fully saturated rings. The van der Waals surface area contributed by atoms with Crippen molar-refractivity contribution < 1.29 is 19.1 Å². The third-order valence-corrected chi connectivity index (χ3v) is 4.58. The van der Waals surface area contributed by atoms with Gasteiger partial charge in [-0.15, -0.1) is 0 Å². The van der Waals surface area contributed by atoms with Crippen LogP contribution in [0.2, 0.25) is 0 Å². The summed E-state index contributed by atoms with van der Waals surface area (Å²) in [5.74, 6) is -1.14. The Kier molecular flexibility index (Phi) is 8.93. The van der Waals surface area contributed by atoms with Crippen molar-refractivity contribution in [2.45, 2.75) is 56.4 Å². The predicted octanol–water partition coefficient (Wildman–Crippen LogP) is 2.19. The number of hydrogen-bond acceptors (Lipinski definition) is 5. The van der Waals surface area contributed by atoms with Gasteiger partial charge in [-0.1, -0.05) is 55.6 Å². The molecule has 0 aromatic rings. The van der Waals surface area contributed by atoms with Crippen LogP contribution in [0.5, 0.6) is 0 Å². The van der Waals surface area contributed by atoms with Crippen LogP contribution in [0.3, 0.4) is 0 Å². The molecule has 0 saturated carbocycles. The Morgan fingerprint density at radius 1 is 1.23 bits per heavy atom. The maximum Gasteiger partial charge on any atom is 0.325 e. The summed E-state index contributed by atoms with van der Waals surface area (Å²) in [7, 11) is 0. The first-order valence-electron chi connectivity index (χ1n) is 8.53. The molecule has 0 spiro atoms. The number of rotatable bonds is 6. The highest BCUT2D eigenvalue weighted by molar-refractivity contribution is 6.67. The van der Waals surface area contributed by atoms with Crippen molar-refractivity contribution in [1.29, 1.82) is 0 Å². The summed E-state index contributed by atoms with van der Waals surface area (Å²) in [4.78, 5) is 36.7. The zero-order chi connectivity index (χ0) is 20.1. The first kappa shape index (κ1) is 23.3. The summed E-state index contributed by atoms with van der Waals surface area (Å²) in [6, 6.07) is -1.43. The standard InChI is InChI=1S/C16H26Cl3N3O4/c1-9(2)10(3)13(23)20-11(4)14(24)22-7-5-6-12(21-22)15(25)26-8-16(17,18)19/h9-12,21H,5-8H2,1-4H3,(H,20,23)/t10-,11-,12-/m0/s1. The van der Waals surface area contributed by atoms with Gasteiger partial charge >= 0.3 is 5.97 Å². The van der Waals surface area contributed by atoms with Gasteiger partial charge in [0.2, 0.25) is 9.70 Å². The Labute approximate surface area is 169 Å². The zero-order valence-electron chi connectivity index (χ0n) is 15.4. The lowest BCUT2D eigenvalue weighted by Crippen LogP contribution is -2.59. The largest absolute Gasteiger partial charge is 0.460 e. The van der Waals surface area contributed by atoms with Gasteiger partial charge in [0.25, 0.3) is 5.91 Å².